The molecule has 0 aliphatic heterocycles. The summed E-state index contributed by atoms with van der Waals surface area (Å²) in [5, 5.41) is 6.33. The Morgan fingerprint density at radius 2 is 1.84 bits per heavy atom. The number of benzene rings is 2. The van der Waals surface area contributed by atoms with Gasteiger partial charge in [-0.3, -0.25) is 4.79 Å². The second-order valence-electron chi connectivity index (χ2n) is 7.50. The molecule has 0 unspecified atom stereocenters. The van der Waals surface area contributed by atoms with Crippen molar-refractivity contribution in [1.29, 1.82) is 0 Å². The number of aryl methyl sites for hydroxylation is 1. The topological polar surface area (TPSA) is 73.0 Å². The number of rotatable bonds is 4. The first-order valence-corrected chi connectivity index (χ1v) is 9.57. The number of oxazole rings is 1. The van der Waals surface area contributed by atoms with Gasteiger partial charge in [0.15, 0.2) is 17.2 Å². The molecule has 2 aromatic carbocycles. The van der Waals surface area contributed by atoms with Gasteiger partial charge in [0.05, 0.1) is 17.4 Å². The first kappa shape index (κ1) is 20.6. The predicted octanol–water partition coefficient (Wildman–Crippen LogP) is 5.72. The standard InChI is InChI=1S/C22H19F3N4O2/c1-12(2)21-28-17-10-14(6-9-18(17)31-21)27-20(30)16-11-26-29(19(16)22(23,24)25)15-7-4-13(3)5-8-15/h4-12H,1-3H3,(H,27,30). The van der Waals surface area contributed by atoms with Crippen LogP contribution < -0.4 is 5.32 Å². The van der Waals surface area contributed by atoms with E-state index in [0.29, 0.717) is 22.7 Å². The second-order valence-corrected chi connectivity index (χ2v) is 7.50. The zero-order chi connectivity index (χ0) is 22.3. The monoisotopic (exact) mass is 428 g/mol. The zero-order valence-corrected chi connectivity index (χ0v) is 17.0. The molecule has 6 nitrogen and oxygen atoms in total. The molecule has 1 amide bonds. The predicted molar refractivity (Wildman–Crippen MR) is 109 cm³/mol. The van der Waals surface area contributed by atoms with Gasteiger partial charge in [-0.2, -0.15) is 18.3 Å². The van der Waals surface area contributed by atoms with Crippen LogP contribution in [-0.4, -0.2) is 20.7 Å². The van der Waals surface area contributed by atoms with Gasteiger partial charge in [0, 0.05) is 11.6 Å². The molecule has 0 aliphatic rings. The van der Waals surface area contributed by atoms with Crippen molar-refractivity contribution in [2.75, 3.05) is 5.32 Å². The number of aromatic nitrogens is 3. The number of fused-ring (bicyclic) bond motifs is 1. The summed E-state index contributed by atoms with van der Waals surface area (Å²) in [6.07, 6.45) is -3.86. The summed E-state index contributed by atoms with van der Waals surface area (Å²) < 4.78 is 47.8. The van der Waals surface area contributed by atoms with E-state index in [1.54, 1.807) is 30.3 Å². The van der Waals surface area contributed by atoms with Crippen LogP contribution in [0.2, 0.25) is 0 Å². The molecule has 160 valence electrons. The van der Waals surface area contributed by atoms with Crippen LogP contribution in [0.15, 0.2) is 53.1 Å². The molecule has 0 saturated heterocycles. The third-order valence-corrected chi connectivity index (χ3v) is 4.72. The largest absolute Gasteiger partial charge is 0.440 e. The molecular formula is C22H19F3N4O2. The van der Waals surface area contributed by atoms with Crippen LogP contribution in [-0.2, 0) is 6.18 Å². The van der Waals surface area contributed by atoms with Gasteiger partial charge in [0.1, 0.15) is 5.52 Å². The Labute approximate surface area is 175 Å². The molecule has 0 saturated carbocycles. The van der Waals surface area contributed by atoms with Crippen molar-refractivity contribution in [1.82, 2.24) is 14.8 Å². The summed E-state index contributed by atoms with van der Waals surface area (Å²) in [5.74, 6) is -0.303. The molecule has 4 rings (SSSR count). The number of carbonyl (C=O) groups is 1. The lowest BCUT2D eigenvalue weighted by molar-refractivity contribution is -0.143. The highest BCUT2D eigenvalue weighted by atomic mass is 19.4. The highest BCUT2D eigenvalue weighted by molar-refractivity contribution is 6.05. The van der Waals surface area contributed by atoms with Crippen LogP contribution in [0.3, 0.4) is 0 Å². The van der Waals surface area contributed by atoms with Gasteiger partial charge in [0.25, 0.3) is 5.91 Å². The number of hydrogen-bond donors (Lipinski definition) is 1. The van der Waals surface area contributed by atoms with Gasteiger partial charge in [-0.15, -0.1) is 0 Å². The minimum absolute atomic E-state index is 0.0763. The molecule has 4 aromatic rings. The van der Waals surface area contributed by atoms with Crippen LogP contribution in [0.25, 0.3) is 16.8 Å². The van der Waals surface area contributed by atoms with E-state index in [1.807, 2.05) is 20.8 Å². The fourth-order valence-corrected chi connectivity index (χ4v) is 3.14. The number of alkyl halides is 3. The van der Waals surface area contributed by atoms with Crippen molar-refractivity contribution in [3.05, 3.63) is 71.4 Å². The Hall–Kier alpha value is -3.62. The Kier molecular flexibility index (Phi) is 5.04. The lowest BCUT2D eigenvalue weighted by atomic mass is 10.2. The fraction of sp³-hybridized carbons (Fsp3) is 0.227. The van der Waals surface area contributed by atoms with Gasteiger partial charge in [0.2, 0.25) is 0 Å². The first-order valence-electron chi connectivity index (χ1n) is 9.57. The van der Waals surface area contributed by atoms with Gasteiger partial charge >= 0.3 is 6.18 Å². The lowest BCUT2D eigenvalue weighted by Crippen LogP contribution is -2.20. The fourth-order valence-electron chi connectivity index (χ4n) is 3.14. The van der Waals surface area contributed by atoms with Gasteiger partial charge in [-0.05, 0) is 37.3 Å². The molecule has 2 aromatic heterocycles. The van der Waals surface area contributed by atoms with E-state index in [1.165, 1.54) is 12.1 Å². The van der Waals surface area contributed by atoms with Crippen molar-refractivity contribution in [3.63, 3.8) is 0 Å². The molecule has 0 bridgehead atoms. The summed E-state index contributed by atoms with van der Waals surface area (Å²) in [4.78, 5) is 17.1. The first-order chi connectivity index (χ1) is 14.6. The average molecular weight is 428 g/mol. The van der Waals surface area contributed by atoms with E-state index >= 15 is 0 Å². The van der Waals surface area contributed by atoms with Crippen LogP contribution in [0, 0.1) is 6.92 Å². The van der Waals surface area contributed by atoms with Crippen LogP contribution in [0.4, 0.5) is 18.9 Å². The smallest absolute Gasteiger partial charge is 0.434 e. The van der Waals surface area contributed by atoms with E-state index in [4.69, 9.17) is 4.42 Å². The van der Waals surface area contributed by atoms with Crippen molar-refractivity contribution in [3.8, 4) is 5.69 Å². The Morgan fingerprint density at radius 3 is 2.48 bits per heavy atom. The third kappa shape index (κ3) is 4.03. The summed E-state index contributed by atoms with van der Waals surface area (Å²) in [6, 6.07) is 11.1. The quantitative estimate of drug-likeness (QED) is 0.451. The number of hydrogen-bond acceptors (Lipinski definition) is 4. The summed E-state index contributed by atoms with van der Waals surface area (Å²) in [5.41, 5.74) is 0.734. The minimum atomic E-state index is -4.78. The summed E-state index contributed by atoms with van der Waals surface area (Å²) in [6.45, 7) is 5.68. The Balaban J connectivity index is 1.68. The maximum atomic E-state index is 13.8. The molecule has 0 radical (unpaired) electrons. The number of anilines is 1. The highest BCUT2D eigenvalue weighted by Gasteiger charge is 2.40. The maximum absolute atomic E-state index is 13.8. The van der Waals surface area contributed by atoms with Crippen molar-refractivity contribution < 1.29 is 22.4 Å². The van der Waals surface area contributed by atoms with Crippen LogP contribution >= 0.6 is 0 Å². The molecular weight excluding hydrogens is 409 g/mol. The summed E-state index contributed by atoms with van der Waals surface area (Å²) in [7, 11) is 0. The van der Waals surface area contributed by atoms with E-state index < -0.39 is 23.3 Å². The minimum Gasteiger partial charge on any atom is -0.440 e. The van der Waals surface area contributed by atoms with Crippen molar-refractivity contribution >= 4 is 22.7 Å². The Bertz CT molecular complexity index is 1250. The number of halogens is 3. The Morgan fingerprint density at radius 1 is 1.13 bits per heavy atom. The molecule has 0 aliphatic carbocycles. The number of amides is 1. The normalized spacial score (nSPS) is 12.0. The van der Waals surface area contributed by atoms with Crippen LogP contribution in [0.1, 0.15) is 47.3 Å². The maximum Gasteiger partial charge on any atom is 0.434 e. The number of carbonyl (C=O) groups excluding carboxylic acids is 1. The molecule has 1 N–H and O–H groups in total. The van der Waals surface area contributed by atoms with E-state index in [0.717, 1.165) is 16.4 Å². The number of nitrogens with zero attached hydrogens (tertiary/aromatic N) is 3. The SMILES string of the molecule is Cc1ccc(-n2ncc(C(=O)Nc3ccc4oc(C(C)C)nc4c3)c2C(F)(F)F)cc1. The molecule has 0 spiro atoms. The number of nitrogens with one attached hydrogen (secondary N) is 1. The van der Waals surface area contributed by atoms with Crippen molar-refractivity contribution in [2.45, 2.75) is 32.9 Å². The van der Waals surface area contributed by atoms with E-state index in [2.05, 4.69) is 15.4 Å². The van der Waals surface area contributed by atoms with E-state index in [-0.39, 0.29) is 11.6 Å². The molecule has 9 heteroatoms. The lowest BCUT2D eigenvalue weighted by Gasteiger charge is -2.13. The molecule has 2 heterocycles. The van der Waals surface area contributed by atoms with Crippen LogP contribution in [0.5, 0.6) is 0 Å². The highest BCUT2D eigenvalue weighted by Crippen LogP contribution is 2.34. The van der Waals surface area contributed by atoms with Crippen molar-refractivity contribution in [2.24, 2.45) is 0 Å². The third-order valence-electron chi connectivity index (χ3n) is 4.72. The molecule has 0 atom stereocenters. The van der Waals surface area contributed by atoms with Gasteiger partial charge < -0.3 is 9.73 Å². The molecule has 31 heavy (non-hydrogen) atoms. The second kappa shape index (κ2) is 7.57. The summed E-state index contributed by atoms with van der Waals surface area (Å²) >= 11 is 0. The average Bonchev–Trinajstić information content (AvgIpc) is 3.32. The van der Waals surface area contributed by atoms with Gasteiger partial charge in [-0.25, -0.2) is 9.67 Å². The van der Waals surface area contributed by atoms with Gasteiger partial charge in [-0.1, -0.05) is 31.5 Å². The molecule has 0 fully saturated rings. The van der Waals surface area contributed by atoms with E-state index in [9.17, 15) is 18.0 Å². The zero-order valence-electron chi connectivity index (χ0n) is 17.0.